The van der Waals surface area contributed by atoms with Crippen molar-refractivity contribution in [3.63, 3.8) is 0 Å². The van der Waals surface area contributed by atoms with Gasteiger partial charge < -0.3 is 10.1 Å². The van der Waals surface area contributed by atoms with Crippen LogP contribution in [-0.2, 0) is 4.74 Å². The monoisotopic (exact) mass is 278 g/mol. The maximum absolute atomic E-state index is 10.8. The predicted molar refractivity (Wildman–Crippen MR) is 77.7 cm³/mol. The number of hydrogen-bond donors (Lipinski definition) is 1. The number of benzene rings is 1. The Hall–Kier alpha value is -1.46. The van der Waals surface area contributed by atoms with Crippen LogP contribution >= 0.6 is 0 Å². The summed E-state index contributed by atoms with van der Waals surface area (Å²) in [6.45, 7) is 2.06. The Kier molecular flexibility index (Phi) is 5.09. The summed E-state index contributed by atoms with van der Waals surface area (Å²) in [5.74, 6) is 0. The first-order chi connectivity index (χ1) is 9.60. The molecule has 0 saturated heterocycles. The van der Waals surface area contributed by atoms with E-state index >= 15 is 0 Å². The molecule has 1 N–H and O–H groups in total. The molecule has 0 spiro atoms. The molecule has 1 aromatic rings. The van der Waals surface area contributed by atoms with Crippen LogP contribution in [0.2, 0.25) is 0 Å². The summed E-state index contributed by atoms with van der Waals surface area (Å²) < 4.78 is 5.37. The molecule has 1 aliphatic carbocycles. The molecule has 2 rings (SSSR count). The van der Waals surface area contributed by atoms with Crippen LogP contribution < -0.4 is 5.32 Å². The molecular formula is C15H22N2O3. The average Bonchev–Trinajstić information content (AvgIpc) is 2.48. The van der Waals surface area contributed by atoms with E-state index in [4.69, 9.17) is 4.74 Å². The molecule has 1 unspecified atom stereocenters. The fourth-order valence-electron chi connectivity index (χ4n) is 2.82. The van der Waals surface area contributed by atoms with Crippen LogP contribution in [-0.4, -0.2) is 24.2 Å². The van der Waals surface area contributed by atoms with E-state index in [2.05, 4.69) is 12.2 Å². The number of hydrogen-bond acceptors (Lipinski definition) is 4. The summed E-state index contributed by atoms with van der Waals surface area (Å²) in [4.78, 5) is 10.5. The van der Waals surface area contributed by atoms with E-state index in [1.807, 2.05) is 6.07 Å². The first kappa shape index (κ1) is 14.9. The van der Waals surface area contributed by atoms with Crippen LogP contribution in [0.25, 0.3) is 0 Å². The second kappa shape index (κ2) is 6.81. The van der Waals surface area contributed by atoms with Crippen molar-refractivity contribution in [1.82, 2.24) is 5.32 Å². The van der Waals surface area contributed by atoms with E-state index in [0.717, 1.165) is 31.2 Å². The Morgan fingerprint density at radius 1 is 1.35 bits per heavy atom. The number of nitrogens with zero attached hydrogens (tertiary/aromatic N) is 1. The van der Waals surface area contributed by atoms with Gasteiger partial charge in [-0.3, -0.25) is 10.1 Å². The highest BCUT2D eigenvalue weighted by atomic mass is 16.6. The van der Waals surface area contributed by atoms with E-state index in [1.54, 1.807) is 19.2 Å². The van der Waals surface area contributed by atoms with Crippen LogP contribution in [0.4, 0.5) is 5.69 Å². The van der Waals surface area contributed by atoms with Crippen molar-refractivity contribution in [3.8, 4) is 0 Å². The number of methoxy groups -OCH3 is 1. The zero-order valence-electron chi connectivity index (χ0n) is 12.0. The van der Waals surface area contributed by atoms with Gasteiger partial charge >= 0.3 is 0 Å². The molecule has 1 aliphatic rings. The van der Waals surface area contributed by atoms with Crippen LogP contribution in [0.3, 0.4) is 0 Å². The lowest BCUT2D eigenvalue weighted by Crippen LogP contribution is -2.36. The van der Waals surface area contributed by atoms with E-state index in [0.29, 0.717) is 12.1 Å². The summed E-state index contributed by atoms with van der Waals surface area (Å²) in [5.41, 5.74) is 1.12. The smallest absolute Gasteiger partial charge is 0.269 e. The van der Waals surface area contributed by atoms with Gasteiger partial charge in [0.05, 0.1) is 11.0 Å². The second-order valence-corrected chi connectivity index (χ2v) is 5.45. The van der Waals surface area contributed by atoms with Crippen molar-refractivity contribution >= 4 is 5.69 Å². The first-order valence-electron chi connectivity index (χ1n) is 7.13. The van der Waals surface area contributed by atoms with Gasteiger partial charge in [-0.05, 0) is 38.2 Å². The van der Waals surface area contributed by atoms with Gasteiger partial charge in [0.15, 0.2) is 0 Å². The minimum atomic E-state index is -0.347. The van der Waals surface area contributed by atoms with E-state index < -0.39 is 0 Å². The Balaban J connectivity index is 1.93. The molecule has 1 atom stereocenters. The standard InChI is InChI=1S/C15H22N2O3/c1-11(12-4-3-5-14(10-12)17(18)19)16-13-6-8-15(20-2)9-7-13/h3-5,10-11,13,15-16H,6-9H2,1-2H3. The molecule has 20 heavy (non-hydrogen) atoms. The molecule has 0 aliphatic heterocycles. The van der Waals surface area contributed by atoms with Gasteiger partial charge in [-0.2, -0.15) is 0 Å². The number of nitro benzene ring substituents is 1. The van der Waals surface area contributed by atoms with Gasteiger partial charge in [0, 0.05) is 31.3 Å². The zero-order chi connectivity index (χ0) is 14.5. The average molecular weight is 278 g/mol. The molecule has 1 fully saturated rings. The number of ether oxygens (including phenoxy) is 1. The molecular weight excluding hydrogens is 256 g/mol. The normalized spacial score (nSPS) is 24.3. The third-order valence-corrected chi connectivity index (χ3v) is 4.07. The fraction of sp³-hybridized carbons (Fsp3) is 0.600. The third-order valence-electron chi connectivity index (χ3n) is 4.07. The lowest BCUT2D eigenvalue weighted by atomic mass is 9.92. The van der Waals surface area contributed by atoms with Crippen molar-refractivity contribution in [2.75, 3.05) is 7.11 Å². The summed E-state index contributed by atoms with van der Waals surface area (Å²) in [7, 11) is 1.77. The van der Waals surface area contributed by atoms with Crippen molar-refractivity contribution in [1.29, 1.82) is 0 Å². The highest BCUT2D eigenvalue weighted by molar-refractivity contribution is 5.35. The predicted octanol–water partition coefficient (Wildman–Crippen LogP) is 3.20. The van der Waals surface area contributed by atoms with Crippen LogP contribution in [0.1, 0.15) is 44.2 Å². The molecule has 0 radical (unpaired) electrons. The number of non-ortho nitro benzene ring substituents is 1. The second-order valence-electron chi connectivity index (χ2n) is 5.45. The molecule has 1 saturated carbocycles. The Morgan fingerprint density at radius 2 is 2.05 bits per heavy atom. The van der Waals surface area contributed by atoms with Gasteiger partial charge in [-0.25, -0.2) is 0 Å². The van der Waals surface area contributed by atoms with E-state index in [9.17, 15) is 10.1 Å². The number of rotatable bonds is 5. The zero-order valence-corrected chi connectivity index (χ0v) is 12.0. The van der Waals surface area contributed by atoms with Crippen molar-refractivity contribution in [2.45, 2.75) is 50.8 Å². The molecule has 110 valence electrons. The number of nitrogens with one attached hydrogen (secondary N) is 1. The van der Waals surface area contributed by atoms with Gasteiger partial charge in [0.25, 0.3) is 5.69 Å². The molecule has 0 bridgehead atoms. The summed E-state index contributed by atoms with van der Waals surface area (Å²) in [6.07, 6.45) is 4.74. The largest absolute Gasteiger partial charge is 0.381 e. The Labute approximate surface area is 119 Å². The lowest BCUT2D eigenvalue weighted by Gasteiger charge is -2.30. The van der Waals surface area contributed by atoms with Gasteiger partial charge in [-0.1, -0.05) is 12.1 Å². The SMILES string of the molecule is COC1CCC(NC(C)c2cccc([N+](=O)[O-])c2)CC1. The first-order valence-corrected chi connectivity index (χ1v) is 7.13. The topological polar surface area (TPSA) is 64.4 Å². The molecule has 0 aromatic heterocycles. The number of nitro groups is 1. The summed E-state index contributed by atoms with van der Waals surface area (Å²) in [6, 6.07) is 7.45. The molecule has 0 amide bonds. The van der Waals surface area contributed by atoms with E-state index in [-0.39, 0.29) is 16.7 Å². The van der Waals surface area contributed by atoms with Crippen LogP contribution in [0.5, 0.6) is 0 Å². The highest BCUT2D eigenvalue weighted by Crippen LogP contribution is 2.24. The lowest BCUT2D eigenvalue weighted by molar-refractivity contribution is -0.384. The van der Waals surface area contributed by atoms with Crippen molar-refractivity contribution in [2.24, 2.45) is 0 Å². The maximum Gasteiger partial charge on any atom is 0.269 e. The fourth-order valence-corrected chi connectivity index (χ4v) is 2.82. The Morgan fingerprint density at radius 3 is 2.65 bits per heavy atom. The summed E-state index contributed by atoms with van der Waals surface area (Å²) >= 11 is 0. The Bertz CT molecular complexity index is 456. The van der Waals surface area contributed by atoms with Gasteiger partial charge in [0.1, 0.15) is 0 Å². The molecule has 0 heterocycles. The van der Waals surface area contributed by atoms with Crippen LogP contribution in [0, 0.1) is 10.1 Å². The summed E-state index contributed by atoms with van der Waals surface area (Å²) in [5, 5.41) is 14.4. The van der Waals surface area contributed by atoms with Crippen molar-refractivity contribution < 1.29 is 9.66 Å². The third kappa shape index (κ3) is 3.77. The molecule has 5 nitrogen and oxygen atoms in total. The van der Waals surface area contributed by atoms with E-state index in [1.165, 1.54) is 6.07 Å². The minimum absolute atomic E-state index is 0.124. The van der Waals surface area contributed by atoms with Gasteiger partial charge in [0.2, 0.25) is 0 Å². The van der Waals surface area contributed by atoms with Gasteiger partial charge in [-0.15, -0.1) is 0 Å². The molecule has 5 heteroatoms. The minimum Gasteiger partial charge on any atom is -0.381 e. The quantitative estimate of drug-likeness (QED) is 0.663. The highest BCUT2D eigenvalue weighted by Gasteiger charge is 2.22. The molecule has 1 aromatic carbocycles. The maximum atomic E-state index is 10.8. The van der Waals surface area contributed by atoms with Crippen LogP contribution in [0.15, 0.2) is 24.3 Å². The van der Waals surface area contributed by atoms with Crippen molar-refractivity contribution in [3.05, 3.63) is 39.9 Å².